The molecule has 0 spiro atoms. The summed E-state index contributed by atoms with van der Waals surface area (Å²) in [5, 5.41) is 3.10. The van der Waals surface area contributed by atoms with Crippen molar-refractivity contribution in [3.05, 3.63) is 65.7 Å². The Morgan fingerprint density at radius 3 is 2.56 bits per heavy atom. The molecule has 0 aliphatic carbocycles. The van der Waals surface area contributed by atoms with E-state index in [9.17, 15) is 8.42 Å². The molecule has 8 heteroatoms. The van der Waals surface area contributed by atoms with Gasteiger partial charge in [0.05, 0.1) is 31.8 Å². The number of nitrogens with one attached hydrogen (secondary N) is 2. The fraction of sp³-hybridized carbons (Fsp3) is 0.211. The van der Waals surface area contributed by atoms with Crippen molar-refractivity contribution in [2.45, 2.75) is 25.3 Å². The van der Waals surface area contributed by atoms with Crippen LogP contribution in [0.15, 0.2) is 58.2 Å². The Bertz CT molecular complexity index is 1010. The van der Waals surface area contributed by atoms with Crippen molar-refractivity contribution in [3.8, 4) is 5.75 Å². The highest BCUT2D eigenvalue weighted by Gasteiger charge is 2.21. The van der Waals surface area contributed by atoms with Gasteiger partial charge in [-0.3, -0.25) is 4.72 Å². The van der Waals surface area contributed by atoms with Gasteiger partial charge >= 0.3 is 0 Å². The highest BCUT2D eigenvalue weighted by Crippen LogP contribution is 2.29. The first-order chi connectivity index (χ1) is 12.9. The molecule has 0 radical (unpaired) electrons. The van der Waals surface area contributed by atoms with Crippen LogP contribution < -0.4 is 14.8 Å². The predicted molar refractivity (Wildman–Crippen MR) is 104 cm³/mol. The number of methoxy groups -OCH3 is 1. The normalized spacial score (nSPS) is 11.2. The van der Waals surface area contributed by atoms with Crippen LogP contribution in [-0.4, -0.2) is 20.5 Å². The van der Waals surface area contributed by atoms with Gasteiger partial charge in [0.1, 0.15) is 22.2 Å². The number of benzene rings is 1. The summed E-state index contributed by atoms with van der Waals surface area (Å²) >= 11 is 0. The lowest BCUT2D eigenvalue weighted by atomic mass is 10.1. The van der Waals surface area contributed by atoms with E-state index in [4.69, 9.17) is 9.15 Å². The molecule has 7 nitrogen and oxygen atoms in total. The van der Waals surface area contributed by atoms with E-state index in [0.29, 0.717) is 23.8 Å². The Morgan fingerprint density at radius 2 is 1.93 bits per heavy atom. The lowest BCUT2D eigenvalue weighted by molar-refractivity contribution is 0.402. The second kappa shape index (κ2) is 7.71. The van der Waals surface area contributed by atoms with E-state index in [1.54, 1.807) is 30.5 Å². The molecular weight excluding hydrogens is 366 g/mol. The van der Waals surface area contributed by atoms with Crippen LogP contribution in [0.1, 0.15) is 16.9 Å². The molecule has 0 aliphatic heterocycles. The molecule has 0 unspecified atom stereocenters. The molecule has 2 heterocycles. The van der Waals surface area contributed by atoms with Crippen LogP contribution in [0, 0.1) is 13.8 Å². The molecule has 2 aromatic heterocycles. The summed E-state index contributed by atoms with van der Waals surface area (Å²) in [6, 6.07) is 10.3. The summed E-state index contributed by atoms with van der Waals surface area (Å²) in [4.78, 5) is 4.31. The van der Waals surface area contributed by atoms with Crippen LogP contribution >= 0.6 is 0 Å². The minimum atomic E-state index is -3.81. The first-order valence-corrected chi connectivity index (χ1v) is 9.78. The molecule has 0 saturated carbocycles. The molecule has 142 valence electrons. The molecule has 3 rings (SSSR count). The fourth-order valence-corrected chi connectivity index (χ4v) is 3.77. The number of pyridine rings is 1. The summed E-state index contributed by atoms with van der Waals surface area (Å²) in [5.41, 5.74) is 2.19. The van der Waals surface area contributed by atoms with Gasteiger partial charge in [0.2, 0.25) is 0 Å². The van der Waals surface area contributed by atoms with Crippen molar-refractivity contribution >= 4 is 21.5 Å². The number of anilines is 2. The number of aryl methyl sites for hydroxylation is 2. The first-order valence-electron chi connectivity index (χ1n) is 8.29. The molecule has 2 N–H and O–H groups in total. The number of rotatable bonds is 7. The Morgan fingerprint density at radius 1 is 1.15 bits per heavy atom. The maximum absolute atomic E-state index is 12.8. The lowest BCUT2D eigenvalue weighted by Crippen LogP contribution is -2.15. The maximum Gasteiger partial charge on any atom is 0.265 e. The molecule has 0 aliphatic rings. The zero-order chi connectivity index (χ0) is 19.4. The van der Waals surface area contributed by atoms with Gasteiger partial charge in [-0.2, -0.15) is 0 Å². The van der Waals surface area contributed by atoms with Crippen LogP contribution in [0.2, 0.25) is 0 Å². The zero-order valence-corrected chi connectivity index (χ0v) is 16.1. The fourth-order valence-electron chi connectivity index (χ4n) is 2.49. The number of aromatic nitrogens is 1. The Labute approximate surface area is 158 Å². The number of sulfonamides is 1. The molecule has 3 aromatic rings. The average molecular weight is 387 g/mol. The van der Waals surface area contributed by atoms with Gasteiger partial charge in [-0.15, -0.1) is 0 Å². The van der Waals surface area contributed by atoms with Gasteiger partial charge in [-0.05, 0) is 61.4 Å². The summed E-state index contributed by atoms with van der Waals surface area (Å²) in [6.45, 7) is 4.25. The van der Waals surface area contributed by atoms with E-state index in [1.165, 1.54) is 13.3 Å². The molecule has 0 amide bonds. The van der Waals surface area contributed by atoms with Crippen molar-refractivity contribution in [2.24, 2.45) is 0 Å². The van der Waals surface area contributed by atoms with Crippen LogP contribution in [0.4, 0.5) is 11.5 Å². The van der Waals surface area contributed by atoms with Gasteiger partial charge in [0.25, 0.3) is 10.0 Å². The van der Waals surface area contributed by atoms with Gasteiger partial charge in [-0.1, -0.05) is 0 Å². The van der Waals surface area contributed by atoms with Crippen molar-refractivity contribution in [2.75, 3.05) is 17.1 Å². The smallest absolute Gasteiger partial charge is 0.265 e. The largest absolute Gasteiger partial charge is 0.495 e. The number of ether oxygens (including phenoxy) is 1. The number of nitrogens with zero attached hydrogens (tertiary/aromatic N) is 1. The van der Waals surface area contributed by atoms with E-state index in [2.05, 4.69) is 15.0 Å². The standard InChI is InChI=1S/C19H21N3O4S/c1-13-9-17(25-3)18(10-14(13)2)27(23,24)22-15-6-7-19(20-11-15)21-12-16-5-4-8-26-16/h4-11,22H,12H2,1-3H3,(H,20,21). The van der Waals surface area contributed by atoms with Crippen molar-refractivity contribution in [3.63, 3.8) is 0 Å². The number of hydrogen-bond donors (Lipinski definition) is 2. The minimum absolute atomic E-state index is 0.0909. The third-order valence-corrected chi connectivity index (χ3v) is 5.51. The van der Waals surface area contributed by atoms with Crippen LogP contribution in [-0.2, 0) is 16.6 Å². The molecule has 0 bridgehead atoms. The molecule has 27 heavy (non-hydrogen) atoms. The lowest BCUT2D eigenvalue weighted by Gasteiger charge is -2.14. The van der Waals surface area contributed by atoms with E-state index in [-0.39, 0.29) is 4.90 Å². The Hall–Kier alpha value is -3.00. The summed E-state index contributed by atoms with van der Waals surface area (Å²) in [7, 11) is -2.36. The Kier molecular flexibility index (Phi) is 5.36. The maximum atomic E-state index is 12.8. The quantitative estimate of drug-likeness (QED) is 0.642. The SMILES string of the molecule is COc1cc(C)c(C)cc1S(=O)(=O)Nc1ccc(NCc2ccco2)nc1. The molecular formula is C19H21N3O4S. The molecule has 0 saturated heterocycles. The highest BCUT2D eigenvalue weighted by molar-refractivity contribution is 7.92. The highest BCUT2D eigenvalue weighted by atomic mass is 32.2. The molecule has 0 fully saturated rings. The van der Waals surface area contributed by atoms with E-state index in [1.807, 2.05) is 26.0 Å². The summed E-state index contributed by atoms with van der Waals surface area (Å²) in [6.07, 6.45) is 3.05. The van der Waals surface area contributed by atoms with Crippen LogP contribution in [0.25, 0.3) is 0 Å². The molecule has 0 atom stereocenters. The van der Waals surface area contributed by atoms with Crippen molar-refractivity contribution in [1.82, 2.24) is 4.98 Å². The number of furan rings is 1. The van der Waals surface area contributed by atoms with Gasteiger partial charge in [-0.25, -0.2) is 13.4 Å². The number of hydrogen-bond acceptors (Lipinski definition) is 6. The Balaban J connectivity index is 1.75. The van der Waals surface area contributed by atoms with Crippen LogP contribution in [0.5, 0.6) is 5.75 Å². The molecule has 1 aromatic carbocycles. The first kappa shape index (κ1) is 18.8. The topological polar surface area (TPSA) is 93.5 Å². The van der Waals surface area contributed by atoms with Crippen molar-refractivity contribution < 1.29 is 17.6 Å². The van der Waals surface area contributed by atoms with Gasteiger partial charge < -0.3 is 14.5 Å². The second-order valence-corrected chi connectivity index (χ2v) is 7.71. The van der Waals surface area contributed by atoms with E-state index >= 15 is 0 Å². The minimum Gasteiger partial charge on any atom is -0.495 e. The third kappa shape index (κ3) is 4.40. The van der Waals surface area contributed by atoms with E-state index < -0.39 is 10.0 Å². The monoisotopic (exact) mass is 387 g/mol. The van der Waals surface area contributed by atoms with Crippen molar-refractivity contribution in [1.29, 1.82) is 0 Å². The third-order valence-electron chi connectivity index (χ3n) is 4.11. The van der Waals surface area contributed by atoms with Gasteiger partial charge in [0.15, 0.2) is 0 Å². The average Bonchev–Trinajstić information content (AvgIpc) is 3.16. The van der Waals surface area contributed by atoms with Gasteiger partial charge in [0, 0.05) is 0 Å². The zero-order valence-electron chi connectivity index (χ0n) is 15.3. The second-order valence-electron chi connectivity index (χ2n) is 6.06. The predicted octanol–water partition coefficient (Wildman–Crippen LogP) is 3.71. The summed E-state index contributed by atoms with van der Waals surface area (Å²) < 4.78 is 38.5. The summed E-state index contributed by atoms with van der Waals surface area (Å²) in [5.74, 6) is 1.69. The van der Waals surface area contributed by atoms with Crippen LogP contribution in [0.3, 0.4) is 0 Å². The van der Waals surface area contributed by atoms with E-state index in [0.717, 1.165) is 16.9 Å².